The van der Waals surface area contributed by atoms with E-state index in [1.807, 2.05) is 30.3 Å². The maximum atomic E-state index is 12.9. The largest absolute Gasteiger partial charge is 0.481 e. The van der Waals surface area contributed by atoms with Crippen LogP contribution in [0.2, 0.25) is 0 Å². The van der Waals surface area contributed by atoms with E-state index in [0.29, 0.717) is 42.0 Å². The van der Waals surface area contributed by atoms with Crippen LogP contribution in [0.1, 0.15) is 12.5 Å². The molecule has 0 saturated carbocycles. The van der Waals surface area contributed by atoms with Gasteiger partial charge in [0, 0.05) is 31.9 Å². The van der Waals surface area contributed by atoms with Gasteiger partial charge in [0.2, 0.25) is 5.91 Å². The van der Waals surface area contributed by atoms with Crippen LogP contribution in [0.4, 0.5) is 10.5 Å². The fourth-order valence-corrected chi connectivity index (χ4v) is 5.29. The van der Waals surface area contributed by atoms with Crippen LogP contribution in [0, 0.1) is 0 Å². The number of ether oxygens (including phenoxy) is 2. The average molecular weight is 588 g/mol. The van der Waals surface area contributed by atoms with Gasteiger partial charge >= 0.3 is 5.97 Å². The van der Waals surface area contributed by atoms with Gasteiger partial charge in [-0.05, 0) is 70.5 Å². The van der Waals surface area contributed by atoms with Crippen molar-refractivity contribution in [3.63, 3.8) is 0 Å². The number of halogens is 1. The third-order valence-corrected chi connectivity index (χ3v) is 7.35. The van der Waals surface area contributed by atoms with Gasteiger partial charge in [0.05, 0.1) is 16.0 Å². The Morgan fingerprint density at radius 1 is 1.05 bits per heavy atom. The summed E-state index contributed by atoms with van der Waals surface area (Å²) in [5, 5.41) is -0.471. The van der Waals surface area contributed by atoms with Gasteiger partial charge in [0.15, 0.2) is 6.61 Å². The van der Waals surface area contributed by atoms with Crippen molar-refractivity contribution in [1.82, 2.24) is 9.80 Å². The predicted octanol–water partition coefficient (Wildman–Crippen LogP) is 3.78. The molecule has 0 aromatic heterocycles. The summed E-state index contributed by atoms with van der Waals surface area (Å²) in [5.41, 5.74) is 1.76. The van der Waals surface area contributed by atoms with Crippen molar-refractivity contribution in [3.05, 3.63) is 63.5 Å². The summed E-state index contributed by atoms with van der Waals surface area (Å²) < 4.78 is 10.9. The van der Waals surface area contributed by atoms with Gasteiger partial charge < -0.3 is 19.3 Å². The molecule has 0 radical (unpaired) electrons. The van der Waals surface area contributed by atoms with Crippen molar-refractivity contribution in [2.24, 2.45) is 0 Å². The third kappa shape index (κ3) is 6.72. The van der Waals surface area contributed by atoms with Gasteiger partial charge in [-0.15, -0.1) is 0 Å². The SMILES string of the molecule is CCOC(=O)COc1ccc(/C=C2/SC(=O)N(CC(=O)N3CCN(c4ccccc4)CC3)C2=O)cc1Br. The number of hydrogen-bond donors (Lipinski definition) is 0. The van der Waals surface area contributed by atoms with E-state index in [9.17, 15) is 19.2 Å². The van der Waals surface area contributed by atoms with E-state index in [0.717, 1.165) is 22.3 Å². The van der Waals surface area contributed by atoms with E-state index in [2.05, 4.69) is 20.8 Å². The number of nitrogens with zero attached hydrogens (tertiary/aromatic N) is 3. The Hall–Kier alpha value is -3.31. The molecular formula is C26H26BrN3O6S. The Balaban J connectivity index is 1.33. The van der Waals surface area contributed by atoms with Gasteiger partial charge in [-0.25, -0.2) is 4.79 Å². The van der Waals surface area contributed by atoms with Crippen LogP contribution in [0.5, 0.6) is 5.75 Å². The van der Waals surface area contributed by atoms with Gasteiger partial charge in [-0.2, -0.15) is 0 Å². The minimum absolute atomic E-state index is 0.222. The second-order valence-electron chi connectivity index (χ2n) is 8.25. The lowest BCUT2D eigenvalue weighted by atomic mass is 10.2. The van der Waals surface area contributed by atoms with Gasteiger partial charge in [-0.3, -0.25) is 19.3 Å². The molecule has 4 rings (SSSR count). The van der Waals surface area contributed by atoms with E-state index >= 15 is 0 Å². The van der Waals surface area contributed by atoms with Crippen LogP contribution in [-0.2, 0) is 19.1 Å². The van der Waals surface area contributed by atoms with Gasteiger partial charge in [-0.1, -0.05) is 24.3 Å². The molecule has 2 aliphatic rings. The van der Waals surface area contributed by atoms with Crippen LogP contribution in [0.25, 0.3) is 6.08 Å². The second-order valence-corrected chi connectivity index (χ2v) is 10.1. The lowest BCUT2D eigenvalue weighted by Gasteiger charge is -2.36. The van der Waals surface area contributed by atoms with E-state index in [1.54, 1.807) is 36.1 Å². The molecule has 0 aliphatic carbocycles. The first-order chi connectivity index (χ1) is 17.9. The number of carbonyl (C=O) groups is 4. The number of imide groups is 1. The van der Waals surface area contributed by atoms with Gasteiger partial charge in [0.1, 0.15) is 12.3 Å². The van der Waals surface area contributed by atoms with E-state index in [-0.39, 0.29) is 30.6 Å². The summed E-state index contributed by atoms with van der Waals surface area (Å²) in [6.45, 7) is 3.91. The standard InChI is InChI=1S/C26H26BrN3O6S/c1-2-35-24(32)17-36-21-9-8-18(14-20(21)27)15-22-25(33)30(26(34)37-22)16-23(31)29-12-10-28(11-13-29)19-6-4-3-5-7-19/h3-9,14-15H,2,10-13,16-17H2,1H3/b22-15+. The Morgan fingerprint density at radius 2 is 1.78 bits per heavy atom. The molecule has 194 valence electrons. The van der Waals surface area contributed by atoms with Crippen LogP contribution in [0.15, 0.2) is 57.9 Å². The van der Waals surface area contributed by atoms with Crippen LogP contribution in [-0.4, -0.2) is 78.8 Å². The summed E-state index contributed by atoms with van der Waals surface area (Å²) in [6.07, 6.45) is 1.59. The molecule has 0 N–H and O–H groups in total. The maximum Gasteiger partial charge on any atom is 0.344 e. The fourth-order valence-electron chi connectivity index (χ4n) is 3.94. The number of amides is 3. The Labute approximate surface area is 227 Å². The molecular weight excluding hydrogens is 562 g/mol. The number of thioether (sulfide) groups is 1. The van der Waals surface area contributed by atoms with E-state index in [1.165, 1.54) is 0 Å². The highest BCUT2D eigenvalue weighted by Crippen LogP contribution is 2.34. The number of benzene rings is 2. The highest BCUT2D eigenvalue weighted by molar-refractivity contribution is 9.10. The third-order valence-electron chi connectivity index (χ3n) is 5.83. The second kappa shape index (κ2) is 12.3. The molecule has 2 aromatic carbocycles. The number of carbonyl (C=O) groups excluding carboxylic acids is 4. The molecule has 0 unspecified atom stereocenters. The molecule has 3 amide bonds. The summed E-state index contributed by atoms with van der Waals surface area (Å²) in [6, 6.07) is 15.1. The van der Waals surface area contributed by atoms with Crippen molar-refractivity contribution in [2.75, 3.05) is 50.8 Å². The number of para-hydroxylation sites is 1. The molecule has 2 heterocycles. The lowest BCUT2D eigenvalue weighted by molar-refractivity contribution is -0.145. The molecule has 11 heteroatoms. The summed E-state index contributed by atoms with van der Waals surface area (Å²) >= 11 is 4.20. The molecule has 2 aromatic rings. The molecule has 2 fully saturated rings. The molecule has 2 aliphatic heterocycles. The zero-order valence-corrected chi connectivity index (χ0v) is 22.6. The maximum absolute atomic E-state index is 12.9. The summed E-state index contributed by atoms with van der Waals surface area (Å²) in [5.74, 6) is -0.775. The Bertz CT molecular complexity index is 1210. The number of hydrogen-bond acceptors (Lipinski definition) is 8. The Kier molecular flexibility index (Phi) is 8.88. The quantitative estimate of drug-likeness (QED) is 0.340. The van der Waals surface area contributed by atoms with E-state index < -0.39 is 17.1 Å². The number of rotatable bonds is 8. The molecule has 0 spiro atoms. The van der Waals surface area contributed by atoms with Crippen molar-refractivity contribution >= 4 is 62.5 Å². The summed E-state index contributed by atoms with van der Waals surface area (Å²) in [7, 11) is 0. The minimum atomic E-state index is -0.495. The average Bonchev–Trinajstić information content (AvgIpc) is 3.16. The molecule has 2 saturated heterocycles. The number of esters is 1. The molecule has 37 heavy (non-hydrogen) atoms. The zero-order chi connectivity index (χ0) is 26.4. The van der Waals surface area contributed by atoms with Crippen LogP contribution in [0.3, 0.4) is 0 Å². The Morgan fingerprint density at radius 3 is 2.46 bits per heavy atom. The van der Waals surface area contributed by atoms with Crippen LogP contribution < -0.4 is 9.64 Å². The normalized spacial score (nSPS) is 16.9. The number of piperazine rings is 1. The molecule has 0 bridgehead atoms. The smallest absolute Gasteiger partial charge is 0.344 e. The topological polar surface area (TPSA) is 96.5 Å². The summed E-state index contributed by atoms with van der Waals surface area (Å²) in [4.78, 5) is 54.9. The highest BCUT2D eigenvalue weighted by Gasteiger charge is 2.37. The van der Waals surface area contributed by atoms with Crippen molar-refractivity contribution in [2.45, 2.75) is 6.92 Å². The van der Waals surface area contributed by atoms with E-state index in [4.69, 9.17) is 9.47 Å². The van der Waals surface area contributed by atoms with Gasteiger partial charge in [0.25, 0.3) is 11.1 Å². The van der Waals surface area contributed by atoms with Crippen molar-refractivity contribution in [1.29, 1.82) is 0 Å². The monoisotopic (exact) mass is 587 g/mol. The minimum Gasteiger partial charge on any atom is -0.481 e. The zero-order valence-electron chi connectivity index (χ0n) is 20.2. The fraction of sp³-hybridized carbons (Fsp3) is 0.308. The predicted molar refractivity (Wildman–Crippen MR) is 144 cm³/mol. The van der Waals surface area contributed by atoms with Crippen molar-refractivity contribution < 1.29 is 28.7 Å². The molecule has 0 atom stereocenters. The lowest BCUT2D eigenvalue weighted by Crippen LogP contribution is -2.51. The first-order valence-electron chi connectivity index (χ1n) is 11.8. The highest BCUT2D eigenvalue weighted by atomic mass is 79.9. The van der Waals surface area contributed by atoms with Crippen LogP contribution >= 0.6 is 27.7 Å². The first kappa shape index (κ1) is 26.7. The molecule has 9 nitrogen and oxygen atoms in total. The number of anilines is 1. The van der Waals surface area contributed by atoms with Crippen molar-refractivity contribution in [3.8, 4) is 5.75 Å². The first-order valence-corrected chi connectivity index (χ1v) is 13.4.